The summed E-state index contributed by atoms with van der Waals surface area (Å²) < 4.78 is 38.8. The van der Waals surface area contributed by atoms with Crippen molar-refractivity contribution in [1.29, 1.82) is 0 Å². The lowest BCUT2D eigenvalue weighted by Crippen LogP contribution is -2.12. The van der Waals surface area contributed by atoms with E-state index in [-0.39, 0.29) is 22.6 Å². The summed E-state index contributed by atoms with van der Waals surface area (Å²) >= 11 is 0. The number of primary sulfonamides is 1. The van der Waals surface area contributed by atoms with Crippen LogP contribution in [0.5, 0.6) is 0 Å². The largest absolute Gasteiger partial charge is 0.412 e. The molecule has 1 unspecified atom stereocenters. The Morgan fingerprint density at radius 1 is 0.784 bits per heavy atom. The van der Waals surface area contributed by atoms with Crippen molar-refractivity contribution in [3.8, 4) is 11.1 Å². The molecule has 0 amide bonds. The first-order chi connectivity index (χ1) is 17.3. The fourth-order valence-electron chi connectivity index (χ4n) is 3.78. The van der Waals surface area contributed by atoms with Gasteiger partial charge < -0.3 is 10.2 Å². The van der Waals surface area contributed by atoms with Gasteiger partial charge in [-0.1, -0.05) is 72.8 Å². The normalized spacial score (nSPS) is 11.8. The van der Waals surface area contributed by atoms with E-state index >= 15 is 0 Å². The van der Waals surface area contributed by atoms with E-state index in [0.29, 0.717) is 23.4 Å². The van der Waals surface area contributed by atoms with E-state index < -0.39 is 21.0 Å². The standard InChI is InChI=1S/C28H26N2O4S2.H2O/c29-36(33,34)26-18-13-21(14-19-26)12-17-25(31)20-22-10-15-24(16-11-22)30-35(32)28-9-5-4-8-27(28)23-6-2-1-3-7-23;/h1-11,13-16,18-19,30H,12,17,20H2,(H2,29,33,34);1H2. The van der Waals surface area contributed by atoms with Gasteiger partial charge in [0.25, 0.3) is 0 Å². The molecule has 9 heteroatoms. The molecule has 4 aromatic rings. The van der Waals surface area contributed by atoms with Crippen molar-refractivity contribution < 1.29 is 22.9 Å². The molecule has 0 heterocycles. The van der Waals surface area contributed by atoms with Crippen LogP contribution >= 0.6 is 0 Å². The second kappa shape index (κ2) is 12.6. The molecule has 0 fully saturated rings. The van der Waals surface area contributed by atoms with Crippen molar-refractivity contribution in [1.82, 2.24) is 0 Å². The van der Waals surface area contributed by atoms with Gasteiger partial charge in [0.15, 0.2) is 11.0 Å². The first kappa shape index (κ1) is 27.9. The second-order valence-electron chi connectivity index (χ2n) is 8.33. The number of nitrogens with one attached hydrogen (secondary N) is 1. The van der Waals surface area contributed by atoms with Crippen LogP contribution in [-0.2, 0) is 38.6 Å². The smallest absolute Gasteiger partial charge is 0.238 e. The number of carbonyl (C=O) groups is 1. The van der Waals surface area contributed by atoms with Crippen LogP contribution in [0.2, 0.25) is 0 Å². The van der Waals surface area contributed by atoms with Gasteiger partial charge in [0.05, 0.1) is 9.79 Å². The van der Waals surface area contributed by atoms with Gasteiger partial charge in [-0.2, -0.15) is 0 Å². The third-order valence-corrected chi connectivity index (χ3v) is 7.79. The maximum absolute atomic E-state index is 13.1. The molecule has 0 bridgehead atoms. The topological polar surface area (TPSA) is 138 Å². The molecule has 0 aliphatic rings. The highest BCUT2D eigenvalue weighted by atomic mass is 32.2. The number of sulfonamides is 1. The average molecular weight is 537 g/mol. The predicted molar refractivity (Wildman–Crippen MR) is 147 cm³/mol. The van der Waals surface area contributed by atoms with E-state index in [9.17, 15) is 17.4 Å². The van der Waals surface area contributed by atoms with Gasteiger partial charge in [-0.15, -0.1) is 0 Å². The molecule has 0 aliphatic heterocycles. The van der Waals surface area contributed by atoms with Crippen molar-refractivity contribution >= 4 is 32.5 Å². The van der Waals surface area contributed by atoms with Crippen molar-refractivity contribution in [3.63, 3.8) is 0 Å². The van der Waals surface area contributed by atoms with E-state index in [1.54, 1.807) is 12.1 Å². The molecule has 4 aromatic carbocycles. The Labute approximate surface area is 219 Å². The fraction of sp³-hybridized carbons (Fsp3) is 0.107. The molecular formula is C28H28N2O5S2. The van der Waals surface area contributed by atoms with Crippen LogP contribution < -0.4 is 9.86 Å². The zero-order valence-corrected chi connectivity index (χ0v) is 21.6. The monoisotopic (exact) mass is 536 g/mol. The first-order valence-electron chi connectivity index (χ1n) is 11.3. The molecule has 7 nitrogen and oxygen atoms in total. The summed E-state index contributed by atoms with van der Waals surface area (Å²) in [6.45, 7) is 0. The summed E-state index contributed by atoms with van der Waals surface area (Å²) in [6.07, 6.45) is 1.15. The lowest BCUT2D eigenvalue weighted by molar-refractivity contribution is -0.118. The first-order valence-corrected chi connectivity index (χ1v) is 14.0. The van der Waals surface area contributed by atoms with Crippen LogP contribution in [0.25, 0.3) is 11.1 Å². The zero-order chi connectivity index (χ0) is 25.5. The van der Waals surface area contributed by atoms with Crippen LogP contribution in [0.1, 0.15) is 17.5 Å². The molecule has 1 atom stereocenters. The van der Waals surface area contributed by atoms with Crippen LogP contribution in [0, 0.1) is 0 Å². The second-order valence-corrected chi connectivity index (χ2v) is 11.1. The lowest BCUT2D eigenvalue weighted by Gasteiger charge is -2.11. The van der Waals surface area contributed by atoms with E-state index in [4.69, 9.17) is 5.14 Å². The highest BCUT2D eigenvalue weighted by Crippen LogP contribution is 2.27. The highest BCUT2D eigenvalue weighted by Gasteiger charge is 2.12. The third kappa shape index (κ3) is 7.68. The SMILES string of the molecule is NS(=O)(=O)c1ccc(CCC(=O)Cc2ccc(NS(=O)c3ccccc3-c3ccccc3)cc2)cc1.O. The molecule has 0 radical (unpaired) electrons. The Morgan fingerprint density at radius 2 is 1.38 bits per heavy atom. The molecule has 0 aliphatic carbocycles. The molecule has 0 saturated carbocycles. The number of hydrogen-bond acceptors (Lipinski definition) is 4. The number of Topliss-reactive ketones (excluding diaryl/α,β-unsaturated/α-hetero) is 1. The van der Waals surface area contributed by atoms with Crippen molar-refractivity contribution in [2.24, 2.45) is 5.14 Å². The Bertz CT molecular complexity index is 1470. The molecule has 0 aromatic heterocycles. The summed E-state index contributed by atoms with van der Waals surface area (Å²) in [5, 5.41) is 5.11. The van der Waals surface area contributed by atoms with E-state index in [1.165, 1.54) is 12.1 Å². The molecule has 4 rings (SSSR count). The highest BCUT2D eigenvalue weighted by molar-refractivity contribution is 7.89. The number of nitrogens with two attached hydrogens (primary N) is 1. The molecule has 0 spiro atoms. The third-order valence-electron chi connectivity index (χ3n) is 5.68. The van der Waals surface area contributed by atoms with Crippen LogP contribution in [0.3, 0.4) is 0 Å². The van der Waals surface area contributed by atoms with Crippen LogP contribution in [0.15, 0.2) is 113 Å². The minimum absolute atomic E-state index is 0. The van der Waals surface area contributed by atoms with E-state index in [2.05, 4.69) is 4.72 Å². The quantitative estimate of drug-likeness (QED) is 0.316. The minimum atomic E-state index is -3.72. The van der Waals surface area contributed by atoms with Gasteiger partial charge in [-0.05, 0) is 59.0 Å². The molecule has 0 saturated heterocycles. The number of hydrogen-bond donors (Lipinski definition) is 2. The number of benzene rings is 4. The van der Waals surface area contributed by atoms with E-state index in [1.807, 2.05) is 78.9 Å². The zero-order valence-electron chi connectivity index (χ0n) is 20.0. The molecular weight excluding hydrogens is 508 g/mol. The average Bonchev–Trinajstić information content (AvgIpc) is 2.89. The van der Waals surface area contributed by atoms with Crippen molar-refractivity contribution in [2.75, 3.05) is 4.72 Å². The van der Waals surface area contributed by atoms with Gasteiger partial charge in [0.2, 0.25) is 10.0 Å². The van der Waals surface area contributed by atoms with E-state index in [0.717, 1.165) is 22.3 Å². The maximum Gasteiger partial charge on any atom is 0.238 e. The lowest BCUT2D eigenvalue weighted by atomic mass is 10.0. The van der Waals surface area contributed by atoms with Crippen LogP contribution in [-0.4, -0.2) is 23.9 Å². The Morgan fingerprint density at radius 3 is 2.03 bits per heavy atom. The predicted octanol–water partition coefficient (Wildman–Crippen LogP) is 4.06. The summed E-state index contributed by atoms with van der Waals surface area (Å²) in [5.74, 6) is 0.0756. The summed E-state index contributed by atoms with van der Waals surface area (Å²) in [6, 6.07) is 31.0. The molecule has 5 N–H and O–H groups in total. The fourth-order valence-corrected chi connectivity index (χ4v) is 5.35. The van der Waals surface area contributed by atoms with Gasteiger partial charge >= 0.3 is 0 Å². The number of anilines is 1. The minimum Gasteiger partial charge on any atom is -0.412 e. The summed E-state index contributed by atoms with van der Waals surface area (Å²) in [7, 11) is -5.18. The van der Waals surface area contributed by atoms with Gasteiger partial charge in [0, 0.05) is 18.5 Å². The summed E-state index contributed by atoms with van der Waals surface area (Å²) in [5.41, 5.74) is 4.34. The van der Waals surface area contributed by atoms with Gasteiger partial charge in [-0.25, -0.2) is 17.8 Å². The number of carbonyl (C=O) groups excluding carboxylic acids is 1. The number of rotatable bonds is 10. The Balaban J connectivity index is 0.00000380. The number of ketones is 1. The summed E-state index contributed by atoms with van der Waals surface area (Å²) in [4.78, 5) is 13.2. The molecule has 192 valence electrons. The molecule has 37 heavy (non-hydrogen) atoms. The van der Waals surface area contributed by atoms with Crippen molar-refractivity contribution in [3.05, 3.63) is 114 Å². The number of aryl methyl sites for hydroxylation is 1. The Hall–Kier alpha value is -3.63. The van der Waals surface area contributed by atoms with Crippen LogP contribution in [0.4, 0.5) is 5.69 Å². The van der Waals surface area contributed by atoms with Crippen molar-refractivity contribution in [2.45, 2.75) is 29.1 Å². The Kier molecular flexibility index (Phi) is 9.48. The van der Waals surface area contributed by atoms with Gasteiger partial charge in [-0.3, -0.25) is 4.79 Å². The van der Waals surface area contributed by atoms with Gasteiger partial charge in [0.1, 0.15) is 5.78 Å². The maximum atomic E-state index is 13.1.